The lowest BCUT2D eigenvalue weighted by Gasteiger charge is -2.18. The number of hydrogen-bond donors (Lipinski definition) is 1. The van der Waals surface area contributed by atoms with Gasteiger partial charge in [-0.25, -0.2) is 4.98 Å². The number of ether oxygens (including phenoxy) is 1. The second kappa shape index (κ2) is 7.40. The minimum absolute atomic E-state index is 0.217. The van der Waals surface area contributed by atoms with Crippen molar-refractivity contribution in [1.82, 2.24) is 20.1 Å². The number of likely N-dealkylation sites (N-methyl/N-ethyl adjacent to an activating group) is 1. The van der Waals surface area contributed by atoms with Crippen LogP contribution < -0.4 is 10.1 Å². The maximum Gasteiger partial charge on any atom is 0.138 e. The second-order valence-electron chi connectivity index (χ2n) is 4.57. The second-order valence-corrected chi connectivity index (χ2v) is 5.51. The summed E-state index contributed by atoms with van der Waals surface area (Å²) in [5.74, 6) is 1.97. The number of methoxy groups -OCH3 is 1. The summed E-state index contributed by atoms with van der Waals surface area (Å²) in [7, 11) is 1.72. The lowest BCUT2D eigenvalue weighted by molar-refractivity contribution is 0.401. The fourth-order valence-corrected chi connectivity index (χ4v) is 3.20. The molecule has 0 saturated carbocycles. The number of aryl methyl sites for hydroxylation is 1. The van der Waals surface area contributed by atoms with E-state index in [1.807, 2.05) is 10.7 Å². The Hall–Kier alpha value is -1.40. The van der Waals surface area contributed by atoms with Gasteiger partial charge in [-0.05, 0) is 24.4 Å². The molecule has 110 valence electrons. The first-order chi connectivity index (χ1) is 9.80. The molecule has 2 aromatic heterocycles. The van der Waals surface area contributed by atoms with Crippen LogP contribution in [-0.4, -0.2) is 28.4 Å². The van der Waals surface area contributed by atoms with E-state index in [-0.39, 0.29) is 6.04 Å². The van der Waals surface area contributed by atoms with Crippen LogP contribution >= 0.6 is 11.3 Å². The van der Waals surface area contributed by atoms with Crippen molar-refractivity contribution in [3.05, 3.63) is 28.5 Å². The molecule has 0 aromatic carbocycles. The summed E-state index contributed by atoms with van der Waals surface area (Å²) in [4.78, 5) is 5.62. The van der Waals surface area contributed by atoms with Crippen molar-refractivity contribution in [2.45, 2.75) is 39.3 Å². The Balaban J connectivity index is 2.19. The van der Waals surface area contributed by atoms with Gasteiger partial charge in [0.1, 0.15) is 17.9 Å². The van der Waals surface area contributed by atoms with Crippen molar-refractivity contribution in [1.29, 1.82) is 0 Å². The number of rotatable bonds is 8. The SMILES string of the molecule is CCCn1ncnc1CC(NCC)c1sccc1OC. The Labute approximate surface area is 124 Å². The molecule has 5 nitrogen and oxygen atoms in total. The molecule has 0 radical (unpaired) electrons. The van der Waals surface area contributed by atoms with Crippen LogP contribution in [0.3, 0.4) is 0 Å². The number of thiophene rings is 1. The molecule has 2 aromatic rings. The van der Waals surface area contributed by atoms with E-state index in [0.29, 0.717) is 0 Å². The van der Waals surface area contributed by atoms with Gasteiger partial charge in [-0.15, -0.1) is 11.3 Å². The summed E-state index contributed by atoms with van der Waals surface area (Å²) in [5.41, 5.74) is 0. The van der Waals surface area contributed by atoms with Gasteiger partial charge in [0.15, 0.2) is 0 Å². The monoisotopic (exact) mass is 294 g/mol. The Morgan fingerprint density at radius 2 is 2.30 bits per heavy atom. The summed E-state index contributed by atoms with van der Waals surface area (Å²) in [6.07, 6.45) is 3.52. The normalized spacial score (nSPS) is 12.6. The quantitative estimate of drug-likeness (QED) is 0.813. The third kappa shape index (κ3) is 3.37. The first-order valence-electron chi connectivity index (χ1n) is 7.01. The summed E-state index contributed by atoms with van der Waals surface area (Å²) in [6, 6.07) is 2.23. The zero-order valence-corrected chi connectivity index (χ0v) is 13.1. The Bertz CT molecular complexity index is 523. The summed E-state index contributed by atoms with van der Waals surface area (Å²) in [5, 5.41) is 9.87. The molecule has 0 aliphatic heterocycles. The standard InChI is InChI=1S/C14H22N4OS/c1-4-7-18-13(16-10-17-18)9-11(15-5-2)14-12(19-3)6-8-20-14/h6,8,10-11,15H,4-5,7,9H2,1-3H3. The maximum absolute atomic E-state index is 5.44. The number of hydrogen-bond acceptors (Lipinski definition) is 5. The van der Waals surface area contributed by atoms with Crippen molar-refractivity contribution < 1.29 is 4.74 Å². The van der Waals surface area contributed by atoms with Gasteiger partial charge in [0.25, 0.3) is 0 Å². The number of nitrogens with zero attached hydrogens (tertiary/aromatic N) is 3. The van der Waals surface area contributed by atoms with E-state index >= 15 is 0 Å². The van der Waals surface area contributed by atoms with Gasteiger partial charge in [-0.1, -0.05) is 13.8 Å². The van der Waals surface area contributed by atoms with Gasteiger partial charge in [-0.3, -0.25) is 4.68 Å². The Morgan fingerprint density at radius 1 is 1.45 bits per heavy atom. The molecule has 0 aliphatic rings. The molecule has 0 saturated heterocycles. The largest absolute Gasteiger partial charge is 0.496 e. The molecule has 2 rings (SSSR count). The smallest absolute Gasteiger partial charge is 0.138 e. The van der Waals surface area contributed by atoms with Crippen molar-refractivity contribution in [3.8, 4) is 5.75 Å². The van der Waals surface area contributed by atoms with Gasteiger partial charge in [0.05, 0.1) is 18.0 Å². The lowest BCUT2D eigenvalue weighted by atomic mass is 10.1. The van der Waals surface area contributed by atoms with E-state index in [0.717, 1.165) is 37.5 Å². The molecule has 6 heteroatoms. The van der Waals surface area contributed by atoms with E-state index in [4.69, 9.17) is 4.74 Å². The summed E-state index contributed by atoms with van der Waals surface area (Å²) >= 11 is 1.72. The molecule has 1 unspecified atom stereocenters. The first kappa shape index (κ1) is 15.0. The van der Waals surface area contributed by atoms with Crippen molar-refractivity contribution in [2.24, 2.45) is 0 Å². The predicted molar refractivity (Wildman–Crippen MR) is 81.3 cm³/mol. The average molecular weight is 294 g/mol. The van der Waals surface area contributed by atoms with Gasteiger partial charge < -0.3 is 10.1 Å². The van der Waals surface area contributed by atoms with Crippen LogP contribution in [0.2, 0.25) is 0 Å². The highest BCUT2D eigenvalue weighted by atomic mass is 32.1. The zero-order chi connectivity index (χ0) is 14.4. The molecule has 0 fully saturated rings. The minimum Gasteiger partial charge on any atom is -0.496 e. The van der Waals surface area contributed by atoms with Crippen LogP contribution in [-0.2, 0) is 13.0 Å². The van der Waals surface area contributed by atoms with Gasteiger partial charge in [-0.2, -0.15) is 5.10 Å². The highest BCUT2D eigenvalue weighted by molar-refractivity contribution is 7.10. The first-order valence-corrected chi connectivity index (χ1v) is 7.89. The highest BCUT2D eigenvalue weighted by Gasteiger charge is 2.19. The molecular formula is C14H22N4OS. The van der Waals surface area contributed by atoms with Crippen LogP contribution in [0.25, 0.3) is 0 Å². The average Bonchev–Trinajstić information content (AvgIpc) is 3.08. The minimum atomic E-state index is 0.217. The summed E-state index contributed by atoms with van der Waals surface area (Å²) in [6.45, 7) is 6.09. The fraction of sp³-hybridized carbons (Fsp3) is 0.571. The predicted octanol–water partition coefficient (Wildman–Crippen LogP) is 2.65. The number of nitrogens with one attached hydrogen (secondary N) is 1. The number of aromatic nitrogens is 3. The molecule has 1 atom stereocenters. The molecule has 1 N–H and O–H groups in total. The van der Waals surface area contributed by atoms with E-state index in [9.17, 15) is 0 Å². The molecular weight excluding hydrogens is 272 g/mol. The maximum atomic E-state index is 5.44. The van der Waals surface area contributed by atoms with Gasteiger partial charge in [0.2, 0.25) is 0 Å². The fourth-order valence-electron chi connectivity index (χ4n) is 2.26. The van der Waals surface area contributed by atoms with Crippen LogP contribution in [0.4, 0.5) is 0 Å². The highest BCUT2D eigenvalue weighted by Crippen LogP contribution is 2.32. The Morgan fingerprint density at radius 3 is 3.00 bits per heavy atom. The van der Waals surface area contributed by atoms with Gasteiger partial charge in [0, 0.05) is 13.0 Å². The van der Waals surface area contributed by atoms with E-state index in [2.05, 4.69) is 34.6 Å². The van der Waals surface area contributed by atoms with E-state index in [1.165, 1.54) is 4.88 Å². The molecule has 20 heavy (non-hydrogen) atoms. The third-order valence-electron chi connectivity index (χ3n) is 3.16. The van der Waals surface area contributed by atoms with Crippen LogP contribution in [0, 0.1) is 0 Å². The molecule has 2 heterocycles. The third-order valence-corrected chi connectivity index (χ3v) is 4.17. The molecule has 0 amide bonds. The molecule has 0 bridgehead atoms. The van der Waals surface area contributed by atoms with Crippen molar-refractivity contribution in [2.75, 3.05) is 13.7 Å². The van der Waals surface area contributed by atoms with Crippen LogP contribution in [0.1, 0.15) is 37.0 Å². The van der Waals surface area contributed by atoms with Crippen LogP contribution in [0.15, 0.2) is 17.8 Å². The van der Waals surface area contributed by atoms with Gasteiger partial charge >= 0.3 is 0 Å². The topological polar surface area (TPSA) is 52.0 Å². The lowest BCUT2D eigenvalue weighted by Crippen LogP contribution is -2.24. The van der Waals surface area contributed by atoms with Crippen molar-refractivity contribution in [3.63, 3.8) is 0 Å². The van der Waals surface area contributed by atoms with Crippen molar-refractivity contribution >= 4 is 11.3 Å². The molecule has 0 spiro atoms. The Kier molecular flexibility index (Phi) is 5.55. The van der Waals surface area contributed by atoms with E-state index < -0.39 is 0 Å². The summed E-state index contributed by atoms with van der Waals surface area (Å²) < 4.78 is 7.43. The molecule has 0 aliphatic carbocycles. The van der Waals surface area contributed by atoms with E-state index in [1.54, 1.807) is 24.8 Å². The van der Waals surface area contributed by atoms with Crippen LogP contribution in [0.5, 0.6) is 5.75 Å². The zero-order valence-electron chi connectivity index (χ0n) is 12.3.